The zero-order valence-corrected chi connectivity index (χ0v) is 11.4. The number of carbonyl (C=O) groups is 2. The molecule has 0 aromatic heterocycles. The zero-order chi connectivity index (χ0) is 15.0. The average Bonchev–Trinajstić information content (AvgIpc) is 2.46. The second kappa shape index (κ2) is 7.85. The zero-order valence-electron chi connectivity index (χ0n) is 11.4. The molecule has 20 heavy (non-hydrogen) atoms. The van der Waals surface area contributed by atoms with Crippen LogP contribution >= 0.6 is 0 Å². The van der Waals surface area contributed by atoms with Gasteiger partial charge in [-0.25, -0.2) is 9.59 Å². The van der Waals surface area contributed by atoms with E-state index in [1.165, 1.54) is 11.0 Å². The Hall–Kier alpha value is -2.48. The highest BCUT2D eigenvalue weighted by Crippen LogP contribution is 2.19. The van der Waals surface area contributed by atoms with Gasteiger partial charge >= 0.3 is 12.0 Å². The van der Waals surface area contributed by atoms with E-state index in [0.29, 0.717) is 18.7 Å². The Morgan fingerprint density at radius 3 is 2.70 bits per heavy atom. The highest BCUT2D eigenvalue weighted by molar-refractivity contribution is 6.01. The Bertz CT molecular complexity index is 520. The number of hydrogen-bond donors (Lipinski definition) is 2. The van der Waals surface area contributed by atoms with Gasteiger partial charge in [0.2, 0.25) is 0 Å². The Balaban J connectivity index is 2.61. The number of para-hydroxylation sites is 1. The first-order chi connectivity index (χ1) is 9.57. The first-order valence-corrected chi connectivity index (χ1v) is 6.35. The minimum Gasteiger partial charge on any atom is -0.478 e. The van der Waals surface area contributed by atoms with Crippen molar-refractivity contribution in [1.82, 2.24) is 5.32 Å². The number of amides is 2. The van der Waals surface area contributed by atoms with Crippen LogP contribution in [0.1, 0.15) is 29.6 Å². The van der Waals surface area contributed by atoms with E-state index in [9.17, 15) is 9.59 Å². The van der Waals surface area contributed by atoms with Crippen molar-refractivity contribution < 1.29 is 14.7 Å². The maximum Gasteiger partial charge on any atom is 0.337 e. The summed E-state index contributed by atoms with van der Waals surface area (Å²) in [6, 6.07) is 6.05. The number of hydrogen-bond acceptors (Lipinski definition) is 2. The fourth-order valence-electron chi connectivity index (χ4n) is 1.72. The molecule has 1 aromatic carbocycles. The summed E-state index contributed by atoms with van der Waals surface area (Å²) in [5.74, 6) is 1.48. The van der Waals surface area contributed by atoms with Crippen LogP contribution in [0, 0.1) is 12.3 Å². The number of carbonyl (C=O) groups excluding carboxylic acids is 1. The molecule has 0 fully saturated rings. The third-order valence-corrected chi connectivity index (χ3v) is 2.82. The van der Waals surface area contributed by atoms with Crippen LogP contribution in [0.25, 0.3) is 0 Å². The SMILES string of the molecule is C#CCCCCNC(=O)N(C)c1ccccc1C(=O)O. The van der Waals surface area contributed by atoms with Gasteiger partial charge in [-0.15, -0.1) is 12.3 Å². The lowest BCUT2D eigenvalue weighted by Crippen LogP contribution is -2.38. The molecule has 1 rings (SSSR count). The largest absolute Gasteiger partial charge is 0.478 e. The van der Waals surface area contributed by atoms with Crippen LogP contribution in [0.5, 0.6) is 0 Å². The molecule has 0 saturated heterocycles. The Morgan fingerprint density at radius 1 is 1.35 bits per heavy atom. The minimum absolute atomic E-state index is 0.0949. The molecule has 1 aromatic rings. The molecule has 0 aliphatic carbocycles. The molecule has 0 unspecified atom stereocenters. The Labute approximate surface area is 118 Å². The molecule has 5 nitrogen and oxygen atoms in total. The van der Waals surface area contributed by atoms with Crippen molar-refractivity contribution in [2.75, 3.05) is 18.5 Å². The summed E-state index contributed by atoms with van der Waals surface area (Å²) in [6.45, 7) is 0.514. The summed E-state index contributed by atoms with van der Waals surface area (Å²) in [7, 11) is 1.54. The predicted molar refractivity (Wildman–Crippen MR) is 77.9 cm³/mol. The molecule has 0 atom stereocenters. The average molecular weight is 274 g/mol. The quantitative estimate of drug-likeness (QED) is 0.618. The van der Waals surface area contributed by atoms with E-state index in [-0.39, 0.29) is 11.6 Å². The Kier molecular flexibility index (Phi) is 6.11. The van der Waals surface area contributed by atoms with E-state index in [0.717, 1.165) is 12.8 Å². The number of benzene rings is 1. The fourth-order valence-corrected chi connectivity index (χ4v) is 1.72. The summed E-state index contributed by atoms with van der Waals surface area (Å²) in [5.41, 5.74) is 0.457. The number of carboxylic acid groups (broad SMARTS) is 1. The topological polar surface area (TPSA) is 69.6 Å². The monoisotopic (exact) mass is 274 g/mol. The number of urea groups is 1. The number of rotatable bonds is 6. The minimum atomic E-state index is -1.06. The van der Waals surface area contributed by atoms with Crippen molar-refractivity contribution in [1.29, 1.82) is 0 Å². The predicted octanol–water partition coefficient (Wildman–Crippen LogP) is 2.33. The summed E-state index contributed by atoms with van der Waals surface area (Å²) < 4.78 is 0. The van der Waals surface area contributed by atoms with Gasteiger partial charge in [0.15, 0.2) is 0 Å². The second-order valence-electron chi connectivity index (χ2n) is 4.27. The molecular weight excluding hydrogens is 256 g/mol. The number of carboxylic acids is 1. The van der Waals surface area contributed by atoms with Crippen LogP contribution in [-0.2, 0) is 0 Å². The summed E-state index contributed by atoms with van der Waals surface area (Å²) in [4.78, 5) is 24.3. The van der Waals surface area contributed by atoms with Crippen LogP contribution < -0.4 is 10.2 Å². The number of nitrogens with zero attached hydrogens (tertiary/aromatic N) is 1. The third kappa shape index (κ3) is 4.32. The van der Waals surface area contributed by atoms with Crippen LogP contribution in [0.2, 0.25) is 0 Å². The van der Waals surface area contributed by atoms with Gasteiger partial charge in [0.05, 0.1) is 11.3 Å². The van der Waals surface area contributed by atoms with Crippen molar-refractivity contribution in [2.24, 2.45) is 0 Å². The molecule has 0 bridgehead atoms. The van der Waals surface area contributed by atoms with Crippen LogP contribution in [0.3, 0.4) is 0 Å². The van der Waals surface area contributed by atoms with Gasteiger partial charge in [0, 0.05) is 20.0 Å². The Morgan fingerprint density at radius 2 is 2.05 bits per heavy atom. The van der Waals surface area contributed by atoms with Gasteiger partial charge in [-0.3, -0.25) is 4.90 Å². The molecule has 0 aliphatic rings. The standard InChI is InChI=1S/C15H18N2O3/c1-3-4-5-8-11-16-15(20)17(2)13-10-7-6-9-12(13)14(18)19/h1,6-7,9-10H,4-5,8,11H2,2H3,(H,16,20)(H,18,19). The van der Waals surface area contributed by atoms with Gasteiger partial charge in [-0.05, 0) is 25.0 Å². The number of unbranched alkanes of at least 4 members (excludes halogenated alkanes) is 2. The van der Waals surface area contributed by atoms with Crippen LogP contribution in [0.15, 0.2) is 24.3 Å². The normalized spacial score (nSPS) is 9.60. The van der Waals surface area contributed by atoms with Gasteiger partial charge in [0.25, 0.3) is 0 Å². The number of aromatic carboxylic acids is 1. The van der Waals surface area contributed by atoms with Crippen molar-refractivity contribution >= 4 is 17.7 Å². The molecule has 2 amide bonds. The number of anilines is 1. The maximum absolute atomic E-state index is 11.9. The maximum atomic E-state index is 11.9. The lowest BCUT2D eigenvalue weighted by Gasteiger charge is -2.19. The summed E-state index contributed by atoms with van der Waals surface area (Å²) in [6.07, 6.45) is 7.48. The van der Waals surface area contributed by atoms with Crippen molar-refractivity contribution in [3.63, 3.8) is 0 Å². The molecule has 2 N–H and O–H groups in total. The summed E-state index contributed by atoms with van der Waals surface area (Å²) >= 11 is 0. The van der Waals surface area contributed by atoms with Crippen LogP contribution in [0.4, 0.5) is 10.5 Å². The van der Waals surface area contributed by atoms with Gasteiger partial charge in [0.1, 0.15) is 0 Å². The smallest absolute Gasteiger partial charge is 0.337 e. The lowest BCUT2D eigenvalue weighted by atomic mass is 10.1. The first-order valence-electron chi connectivity index (χ1n) is 6.35. The highest BCUT2D eigenvalue weighted by atomic mass is 16.4. The fraction of sp³-hybridized carbons (Fsp3) is 0.333. The van der Waals surface area contributed by atoms with Crippen molar-refractivity contribution in [3.8, 4) is 12.3 Å². The third-order valence-electron chi connectivity index (χ3n) is 2.82. The van der Waals surface area contributed by atoms with E-state index < -0.39 is 5.97 Å². The molecule has 0 radical (unpaired) electrons. The molecule has 106 valence electrons. The van der Waals surface area contributed by atoms with E-state index in [2.05, 4.69) is 11.2 Å². The molecule has 0 spiro atoms. The van der Waals surface area contributed by atoms with Crippen molar-refractivity contribution in [2.45, 2.75) is 19.3 Å². The number of nitrogens with one attached hydrogen (secondary N) is 1. The highest BCUT2D eigenvalue weighted by Gasteiger charge is 2.17. The van der Waals surface area contributed by atoms with Gasteiger partial charge in [-0.2, -0.15) is 0 Å². The first kappa shape index (κ1) is 15.6. The molecule has 5 heteroatoms. The van der Waals surface area contributed by atoms with Crippen LogP contribution in [-0.4, -0.2) is 30.7 Å². The summed E-state index contributed by atoms with van der Waals surface area (Å²) in [5, 5.41) is 11.8. The van der Waals surface area contributed by atoms with E-state index in [1.807, 2.05) is 0 Å². The molecular formula is C15H18N2O3. The lowest BCUT2D eigenvalue weighted by molar-refractivity contribution is 0.0697. The van der Waals surface area contributed by atoms with E-state index >= 15 is 0 Å². The van der Waals surface area contributed by atoms with Gasteiger partial charge < -0.3 is 10.4 Å². The van der Waals surface area contributed by atoms with E-state index in [4.69, 9.17) is 11.5 Å². The van der Waals surface area contributed by atoms with E-state index in [1.54, 1.807) is 25.2 Å². The molecule has 0 saturated carbocycles. The molecule has 0 aliphatic heterocycles. The van der Waals surface area contributed by atoms with Crippen molar-refractivity contribution in [3.05, 3.63) is 29.8 Å². The number of terminal acetylenes is 1. The van der Waals surface area contributed by atoms with Gasteiger partial charge in [-0.1, -0.05) is 12.1 Å². The molecule has 0 heterocycles. The second-order valence-corrected chi connectivity index (χ2v) is 4.27.